The summed E-state index contributed by atoms with van der Waals surface area (Å²) < 4.78 is 2.94. The van der Waals surface area contributed by atoms with Crippen LogP contribution in [0.25, 0.3) is 0 Å². The van der Waals surface area contributed by atoms with E-state index in [4.69, 9.17) is 49.7 Å². The predicted octanol–water partition coefficient (Wildman–Crippen LogP) is 7.00. The fourth-order valence-electron chi connectivity index (χ4n) is 4.16. The van der Waals surface area contributed by atoms with Crippen LogP contribution in [0.4, 0.5) is 0 Å². The standard InChI is InChI=1S/C23H46N2S4/c1-5-9-13-17-24(22(26)27,18-14-10-6-2)21-25(23(28)29,19-15-11-7-3)20-16-12-8-4/h5-21H2,1-4H3. The van der Waals surface area contributed by atoms with Crippen LogP contribution < -0.4 is 0 Å². The molecular formula is C23H46N2S4. The predicted molar refractivity (Wildman–Crippen MR) is 143 cm³/mol. The van der Waals surface area contributed by atoms with E-state index in [9.17, 15) is 0 Å². The Kier molecular flexibility index (Phi) is 17.5. The quantitative estimate of drug-likeness (QED) is 0.0683. The van der Waals surface area contributed by atoms with Crippen molar-refractivity contribution >= 4 is 58.3 Å². The number of thiocarbonyl (C=S) groups is 2. The largest absolute Gasteiger partial charge is 0.369 e. The Morgan fingerprint density at radius 3 is 0.931 bits per heavy atom. The van der Waals surface area contributed by atoms with Crippen LogP contribution in [0.1, 0.15) is 105 Å². The fraction of sp³-hybridized carbons (Fsp3) is 0.913. The first-order valence-corrected chi connectivity index (χ1v) is 13.6. The number of unbranched alkanes of at least 4 members (excludes halogenated alkanes) is 8. The third-order valence-corrected chi connectivity index (χ3v) is 7.62. The molecule has 0 fully saturated rings. The second-order valence-corrected chi connectivity index (χ2v) is 10.8. The molecule has 0 atom stereocenters. The van der Waals surface area contributed by atoms with E-state index in [1.54, 1.807) is 0 Å². The van der Waals surface area contributed by atoms with E-state index < -0.39 is 0 Å². The van der Waals surface area contributed by atoms with E-state index >= 15 is 0 Å². The summed E-state index contributed by atoms with van der Waals surface area (Å²) in [5, 5.41) is 0. The van der Waals surface area contributed by atoms with Gasteiger partial charge in [0, 0.05) is 8.64 Å². The van der Waals surface area contributed by atoms with Gasteiger partial charge in [-0.15, -0.1) is 0 Å². The highest BCUT2D eigenvalue weighted by Gasteiger charge is 2.39. The molecular weight excluding hydrogens is 433 g/mol. The van der Waals surface area contributed by atoms with Gasteiger partial charge >= 0.3 is 0 Å². The van der Waals surface area contributed by atoms with E-state index in [1.807, 2.05) is 0 Å². The second kappa shape index (κ2) is 17.1. The third kappa shape index (κ3) is 11.1. The van der Waals surface area contributed by atoms with Crippen molar-refractivity contribution in [3.8, 4) is 0 Å². The van der Waals surface area contributed by atoms with E-state index in [0.717, 1.165) is 50.5 Å². The van der Waals surface area contributed by atoms with Crippen LogP contribution in [-0.4, -0.2) is 50.5 Å². The molecule has 0 N–H and O–H groups in total. The van der Waals surface area contributed by atoms with Crippen LogP contribution in [0.15, 0.2) is 0 Å². The summed E-state index contributed by atoms with van der Waals surface area (Å²) in [5.41, 5.74) is 0. The van der Waals surface area contributed by atoms with Crippen LogP contribution in [0.2, 0.25) is 0 Å². The Balaban J connectivity index is 5.83. The number of quaternary nitrogens is 2. The smallest absolute Gasteiger partial charge is 0.214 e. The molecule has 172 valence electrons. The minimum atomic E-state index is 0.719. The first-order chi connectivity index (χ1) is 13.8. The van der Waals surface area contributed by atoms with E-state index in [1.165, 1.54) is 77.0 Å². The molecule has 29 heavy (non-hydrogen) atoms. The van der Waals surface area contributed by atoms with Crippen molar-refractivity contribution in [2.24, 2.45) is 0 Å². The minimum Gasteiger partial charge on any atom is -0.369 e. The fourth-order valence-corrected chi connectivity index (χ4v) is 5.12. The zero-order chi connectivity index (χ0) is 22.2. The maximum atomic E-state index is 5.75. The second-order valence-electron chi connectivity index (χ2n) is 8.69. The number of hydrogen-bond acceptors (Lipinski definition) is 4. The van der Waals surface area contributed by atoms with Gasteiger partial charge in [0.05, 0.1) is 26.2 Å². The van der Waals surface area contributed by atoms with Gasteiger partial charge in [0.2, 0.25) is 6.67 Å². The van der Waals surface area contributed by atoms with Gasteiger partial charge in [0.1, 0.15) is 0 Å². The topological polar surface area (TPSA) is 0 Å². The summed E-state index contributed by atoms with van der Waals surface area (Å²) in [7, 11) is 0. The highest BCUT2D eigenvalue weighted by molar-refractivity contribution is 8.00. The van der Waals surface area contributed by atoms with Gasteiger partial charge in [-0.2, -0.15) is 0 Å². The van der Waals surface area contributed by atoms with Crippen molar-refractivity contribution < 1.29 is 8.97 Å². The van der Waals surface area contributed by atoms with Crippen LogP contribution in [0.3, 0.4) is 0 Å². The number of rotatable bonds is 18. The van der Waals surface area contributed by atoms with Gasteiger partial charge in [0.25, 0.3) is 0 Å². The van der Waals surface area contributed by atoms with Crippen molar-refractivity contribution in [3.63, 3.8) is 0 Å². The van der Waals surface area contributed by atoms with Crippen molar-refractivity contribution in [1.29, 1.82) is 0 Å². The molecule has 0 aromatic rings. The molecule has 0 aliphatic carbocycles. The Labute approximate surface area is 204 Å². The first kappa shape index (κ1) is 29.5. The van der Waals surface area contributed by atoms with Gasteiger partial charge in [-0.1, -0.05) is 53.4 Å². The molecule has 0 aliphatic rings. The Morgan fingerprint density at radius 1 is 0.517 bits per heavy atom. The lowest BCUT2D eigenvalue weighted by molar-refractivity contribution is -1.02. The molecule has 0 heterocycles. The van der Waals surface area contributed by atoms with Gasteiger partial charge in [-0.25, -0.2) is 0 Å². The molecule has 0 rings (SSSR count). The van der Waals surface area contributed by atoms with Gasteiger partial charge in [-0.05, 0) is 51.4 Å². The van der Waals surface area contributed by atoms with Gasteiger partial charge in [-0.3, -0.25) is 8.97 Å². The molecule has 0 spiro atoms. The SMILES string of the molecule is CCCCC[N+](CCCCC)(C[N+](CCCCC)(CCCCC)C(=S)[S-])C(=S)[S-]. The monoisotopic (exact) mass is 478 g/mol. The van der Waals surface area contributed by atoms with Crippen LogP contribution in [-0.2, 0) is 25.3 Å². The summed E-state index contributed by atoms with van der Waals surface area (Å²) in [4.78, 5) is 0. The van der Waals surface area contributed by atoms with Gasteiger partial charge in [0.15, 0.2) is 0 Å². The lowest BCUT2D eigenvalue weighted by Crippen LogP contribution is -2.66. The molecule has 0 saturated heterocycles. The number of hydrogen-bond donors (Lipinski definition) is 0. The highest BCUT2D eigenvalue weighted by atomic mass is 32.1. The zero-order valence-electron chi connectivity index (χ0n) is 19.5. The number of nitrogens with zero attached hydrogens (tertiary/aromatic N) is 2. The molecule has 0 radical (unpaired) electrons. The first-order valence-electron chi connectivity index (χ1n) is 12.0. The molecule has 0 aromatic heterocycles. The summed E-state index contributed by atoms with van der Waals surface area (Å²) in [6, 6.07) is 0. The third-order valence-electron chi connectivity index (χ3n) is 6.07. The van der Waals surface area contributed by atoms with Crippen LogP contribution in [0, 0.1) is 0 Å². The lowest BCUT2D eigenvalue weighted by Gasteiger charge is -2.50. The van der Waals surface area contributed by atoms with Crippen molar-refractivity contribution in [3.05, 3.63) is 0 Å². The highest BCUT2D eigenvalue weighted by Crippen LogP contribution is 2.24. The summed E-state index contributed by atoms with van der Waals surface area (Å²) in [5.74, 6) is 0. The van der Waals surface area contributed by atoms with Crippen molar-refractivity contribution in [2.75, 3.05) is 32.8 Å². The zero-order valence-corrected chi connectivity index (χ0v) is 22.8. The van der Waals surface area contributed by atoms with Crippen LogP contribution in [0.5, 0.6) is 0 Å². The molecule has 6 heteroatoms. The van der Waals surface area contributed by atoms with E-state index in [0.29, 0.717) is 0 Å². The maximum absolute atomic E-state index is 5.75. The normalized spacial score (nSPS) is 12.3. The summed E-state index contributed by atoms with van der Waals surface area (Å²) in [6.45, 7) is 14.1. The summed E-state index contributed by atoms with van der Waals surface area (Å²) in [6.07, 6.45) is 14.5. The molecule has 0 amide bonds. The molecule has 0 saturated carbocycles. The maximum Gasteiger partial charge on any atom is 0.214 e. The van der Waals surface area contributed by atoms with E-state index in [-0.39, 0.29) is 0 Å². The Hall–Kier alpha value is 0.540. The minimum absolute atomic E-state index is 0.719. The molecule has 0 bridgehead atoms. The van der Waals surface area contributed by atoms with Crippen molar-refractivity contribution in [1.82, 2.24) is 0 Å². The molecule has 2 nitrogen and oxygen atoms in total. The average molecular weight is 479 g/mol. The van der Waals surface area contributed by atoms with Crippen LogP contribution >= 0.6 is 24.4 Å². The average Bonchev–Trinajstić information content (AvgIpc) is 2.68. The van der Waals surface area contributed by atoms with Crippen molar-refractivity contribution in [2.45, 2.75) is 105 Å². The molecule has 0 unspecified atom stereocenters. The molecule has 0 aliphatic heterocycles. The van der Waals surface area contributed by atoms with Gasteiger partial charge < -0.3 is 49.7 Å². The lowest BCUT2D eigenvalue weighted by atomic mass is 10.1. The van der Waals surface area contributed by atoms with E-state index in [2.05, 4.69) is 27.7 Å². The Morgan fingerprint density at radius 2 is 0.759 bits per heavy atom. The molecule has 0 aromatic carbocycles. The Bertz CT molecular complexity index is 394. The summed E-state index contributed by atoms with van der Waals surface area (Å²) >= 11 is 23.0.